The van der Waals surface area contributed by atoms with Crippen molar-refractivity contribution in [2.75, 3.05) is 7.11 Å². The summed E-state index contributed by atoms with van der Waals surface area (Å²) in [6, 6.07) is 17.4. The topological polar surface area (TPSA) is 98.9 Å². The van der Waals surface area contributed by atoms with Crippen molar-refractivity contribution in [1.82, 2.24) is 0 Å². The molecule has 0 heterocycles. The number of ketones is 1. The first kappa shape index (κ1) is 20.6. The summed E-state index contributed by atoms with van der Waals surface area (Å²) >= 11 is 0. The van der Waals surface area contributed by atoms with Crippen LogP contribution in [0.4, 0.5) is 5.69 Å². The Hall–Kier alpha value is -4.13. The second kappa shape index (κ2) is 9.38. The van der Waals surface area contributed by atoms with Crippen molar-refractivity contribution in [3.05, 3.63) is 99.6 Å². The predicted octanol–water partition coefficient (Wildman–Crippen LogP) is 4.78. The van der Waals surface area contributed by atoms with Crippen LogP contribution in [-0.2, 0) is 6.61 Å². The van der Waals surface area contributed by atoms with Gasteiger partial charge in [0, 0.05) is 23.3 Å². The second-order valence-electron chi connectivity index (χ2n) is 6.36. The van der Waals surface area contributed by atoms with Crippen LogP contribution >= 0.6 is 0 Å². The van der Waals surface area contributed by atoms with Crippen LogP contribution in [0.25, 0.3) is 6.08 Å². The Morgan fingerprint density at radius 3 is 2.53 bits per heavy atom. The van der Waals surface area contributed by atoms with Crippen LogP contribution in [0.5, 0.6) is 17.2 Å². The number of phenolic OH excluding ortho intramolecular Hbond substituents is 1. The highest BCUT2D eigenvalue weighted by Gasteiger charge is 2.08. The summed E-state index contributed by atoms with van der Waals surface area (Å²) in [7, 11) is 1.55. The Kier molecular flexibility index (Phi) is 6.44. The standard InChI is InChI=1S/C23H19NO6/c1-29-23-12-6-16(5-11-22(26)17-3-2-4-20(25)14-17)13-18(23)15-30-21-9-7-19(8-10-21)24(27)28/h2-14,25H,15H2,1H3/b11-5+. The lowest BCUT2D eigenvalue weighted by molar-refractivity contribution is -0.384. The van der Waals surface area contributed by atoms with Crippen molar-refractivity contribution >= 4 is 17.5 Å². The summed E-state index contributed by atoms with van der Waals surface area (Å²) in [4.78, 5) is 22.5. The van der Waals surface area contributed by atoms with E-state index >= 15 is 0 Å². The molecule has 3 rings (SSSR count). The summed E-state index contributed by atoms with van der Waals surface area (Å²) in [5.41, 5.74) is 1.90. The molecule has 0 spiro atoms. The summed E-state index contributed by atoms with van der Waals surface area (Å²) < 4.78 is 11.1. The van der Waals surface area contributed by atoms with E-state index in [0.29, 0.717) is 17.1 Å². The van der Waals surface area contributed by atoms with Gasteiger partial charge in [-0.2, -0.15) is 0 Å². The molecule has 1 N–H and O–H groups in total. The van der Waals surface area contributed by atoms with Gasteiger partial charge in [-0.3, -0.25) is 14.9 Å². The monoisotopic (exact) mass is 405 g/mol. The molecule has 0 amide bonds. The summed E-state index contributed by atoms with van der Waals surface area (Å²) in [5.74, 6) is 0.908. The molecule has 30 heavy (non-hydrogen) atoms. The van der Waals surface area contributed by atoms with Crippen molar-refractivity contribution in [1.29, 1.82) is 0 Å². The number of non-ortho nitro benzene ring substituents is 1. The fourth-order valence-electron chi connectivity index (χ4n) is 2.77. The first-order valence-corrected chi connectivity index (χ1v) is 9.02. The Balaban J connectivity index is 1.73. The molecule has 3 aromatic carbocycles. The van der Waals surface area contributed by atoms with Gasteiger partial charge in [-0.15, -0.1) is 0 Å². The smallest absolute Gasteiger partial charge is 0.269 e. The summed E-state index contributed by atoms with van der Waals surface area (Å²) in [5, 5.41) is 20.2. The van der Waals surface area contributed by atoms with Crippen LogP contribution < -0.4 is 9.47 Å². The number of carbonyl (C=O) groups excluding carboxylic acids is 1. The molecule has 0 aromatic heterocycles. The fourth-order valence-corrected chi connectivity index (χ4v) is 2.77. The Bertz CT molecular complexity index is 1090. The number of benzene rings is 3. The van der Waals surface area contributed by atoms with E-state index in [9.17, 15) is 20.0 Å². The lowest BCUT2D eigenvalue weighted by Crippen LogP contribution is -2.00. The van der Waals surface area contributed by atoms with Gasteiger partial charge in [0.1, 0.15) is 23.9 Å². The molecule has 0 aliphatic heterocycles. The number of ether oxygens (including phenoxy) is 2. The highest BCUT2D eigenvalue weighted by atomic mass is 16.6. The average molecular weight is 405 g/mol. The van der Waals surface area contributed by atoms with Gasteiger partial charge >= 0.3 is 0 Å². The van der Waals surface area contributed by atoms with Crippen LogP contribution in [-0.4, -0.2) is 22.9 Å². The van der Waals surface area contributed by atoms with Crippen LogP contribution in [0.1, 0.15) is 21.5 Å². The Morgan fingerprint density at radius 2 is 1.87 bits per heavy atom. The zero-order chi connectivity index (χ0) is 21.5. The van der Waals surface area contributed by atoms with E-state index in [-0.39, 0.29) is 23.8 Å². The summed E-state index contributed by atoms with van der Waals surface area (Å²) in [6.45, 7) is 0.184. The highest BCUT2D eigenvalue weighted by molar-refractivity contribution is 6.07. The van der Waals surface area contributed by atoms with Crippen molar-refractivity contribution in [3.8, 4) is 17.2 Å². The van der Waals surface area contributed by atoms with Crippen molar-refractivity contribution in [2.45, 2.75) is 6.61 Å². The largest absolute Gasteiger partial charge is 0.508 e. The molecule has 0 fully saturated rings. The number of nitro groups is 1. The van der Waals surface area contributed by atoms with Crippen LogP contribution in [0.2, 0.25) is 0 Å². The second-order valence-corrected chi connectivity index (χ2v) is 6.36. The number of nitrogens with zero attached hydrogens (tertiary/aromatic N) is 1. The van der Waals surface area contributed by atoms with Crippen LogP contribution in [0.3, 0.4) is 0 Å². The van der Waals surface area contributed by atoms with Crippen molar-refractivity contribution in [2.24, 2.45) is 0 Å². The maximum absolute atomic E-state index is 12.3. The third-order valence-corrected chi connectivity index (χ3v) is 4.30. The zero-order valence-electron chi connectivity index (χ0n) is 16.1. The molecule has 7 nitrogen and oxygen atoms in total. The quantitative estimate of drug-likeness (QED) is 0.250. The average Bonchev–Trinajstić information content (AvgIpc) is 2.76. The Labute approximate surface area is 173 Å². The number of hydrogen-bond donors (Lipinski definition) is 1. The Morgan fingerprint density at radius 1 is 1.10 bits per heavy atom. The van der Waals surface area contributed by atoms with Gasteiger partial charge in [-0.1, -0.05) is 24.3 Å². The van der Waals surface area contributed by atoms with E-state index in [1.54, 1.807) is 37.5 Å². The van der Waals surface area contributed by atoms with Crippen LogP contribution in [0, 0.1) is 10.1 Å². The van der Waals surface area contributed by atoms with E-state index in [2.05, 4.69) is 0 Å². The van der Waals surface area contributed by atoms with Gasteiger partial charge in [0.25, 0.3) is 5.69 Å². The number of rotatable bonds is 8. The molecule has 7 heteroatoms. The molecule has 0 saturated carbocycles. The molecule has 0 saturated heterocycles. The first-order valence-electron chi connectivity index (χ1n) is 9.02. The molecule has 0 atom stereocenters. The van der Waals surface area contributed by atoms with Gasteiger partial charge in [0.15, 0.2) is 5.78 Å². The van der Waals surface area contributed by atoms with E-state index in [0.717, 1.165) is 11.1 Å². The van der Waals surface area contributed by atoms with Gasteiger partial charge in [-0.25, -0.2) is 0 Å². The zero-order valence-corrected chi connectivity index (χ0v) is 16.1. The van der Waals surface area contributed by atoms with Crippen molar-refractivity contribution in [3.63, 3.8) is 0 Å². The van der Waals surface area contributed by atoms with E-state index in [4.69, 9.17) is 9.47 Å². The van der Waals surface area contributed by atoms with E-state index < -0.39 is 4.92 Å². The molecule has 0 bridgehead atoms. The maximum atomic E-state index is 12.3. The molecule has 152 valence electrons. The number of methoxy groups -OCH3 is 1. The number of nitro benzene ring substituents is 1. The number of carbonyl (C=O) groups is 1. The van der Waals surface area contributed by atoms with Gasteiger partial charge in [0.2, 0.25) is 0 Å². The van der Waals surface area contributed by atoms with Gasteiger partial charge in [-0.05, 0) is 48.0 Å². The van der Waals surface area contributed by atoms with Gasteiger partial charge < -0.3 is 14.6 Å². The number of allylic oxidation sites excluding steroid dienone is 1. The highest BCUT2D eigenvalue weighted by Crippen LogP contribution is 2.24. The lowest BCUT2D eigenvalue weighted by atomic mass is 10.1. The molecule has 0 aliphatic rings. The molecular weight excluding hydrogens is 386 g/mol. The first-order chi connectivity index (χ1) is 14.5. The molecule has 0 radical (unpaired) electrons. The van der Waals surface area contributed by atoms with Gasteiger partial charge in [0.05, 0.1) is 12.0 Å². The minimum Gasteiger partial charge on any atom is -0.508 e. The normalized spacial score (nSPS) is 10.7. The molecule has 0 unspecified atom stereocenters. The third-order valence-electron chi connectivity index (χ3n) is 4.30. The lowest BCUT2D eigenvalue weighted by Gasteiger charge is -2.11. The van der Waals surface area contributed by atoms with E-state index in [1.165, 1.54) is 42.5 Å². The van der Waals surface area contributed by atoms with E-state index in [1.807, 2.05) is 6.07 Å². The van der Waals surface area contributed by atoms with Crippen LogP contribution in [0.15, 0.2) is 72.8 Å². The number of hydrogen-bond acceptors (Lipinski definition) is 6. The van der Waals surface area contributed by atoms with Crippen molar-refractivity contribution < 1.29 is 24.3 Å². The predicted molar refractivity (Wildman–Crippen MR) is 112 cm³/mol. The third kappa shape index (κ3) is 5.23. The molecular formula is C23H19NO6. The minimum absolute atomic E-state index is 0.0107. The summed E-state index contributed by atoms with van der Waals surface area (Å²) in [6.07, 6.45) is 3.10. The molecule has 0 aliphatic carbocycles. The minimum atomic E-state index is -0.472. The maximum Gasteiger partial charge on any atom is 0.269 e. The number of aromatic hydroxyl groups is 1. The molecule has 3 aromatic rings. The number of phenols is 1. The fraction of sp³-hybridized carbons (Fsp3) is 0.0870. The SMILES string of the molecule is COc1ccc(/C=C/C(=O)c2cccc(O)c2)cc1COc1ccc([N+](=O)[O-])cc1.